The van der Waals surface area contributed by atoms with Crippen molar-refractivity contribution in [3.05, 3.63) is 33.4 Å². The summed E-state index contributed by atoms with van der Waals surface area (Å²) in [5, 5.41) is 12.4. The number of nitrogens with zero attached hydrogens (tertiary/aromatic N) is 1. The van der Waals surface area contributed by atoms with Crippen molar-refractivity contribution >= 4 is 28.6 Å². The van der Waals surface area contributed by atoms with E-state index in [4.69, 9.17) is 0 Å². The Hall–Kier alpha value is -0.660. The lowest BCUT2D eigenvalue weighted by Crippen LogP contribution is -2.36. The van der Waals surface area contributed by atoms with Crippen LogP contribution in [-0.2, 0) is 4.79 Å². The fourth-order valence-electron chi connectivity index (χ4n) is 1.91. The smallest absolute Gasteiger partial charge is 0.325 e. The largest absolute Gasteiger partial charge is 0.480 e. The molecule has 0 spiro atoms. The minimum Gasteiger partial charge on any atom is -0.480 e. The number of carboxylic acids is 1. The number of benzene rings is 1. The number of nitrogens with one attached hydrogen (secondary N) is 1. The van der Waals surface area contributed by atoms with Gasteiger partial charge in [0.25, 0.3) is 0 Å². The Labute approximate surface area is 128 Å². The molecule has 1 aromatic carbocycles. The Kier molecular flexibility index (Phi) is 7.33. The molecule has 19 heavy (non-hydrogen) atoms. The molecule has 0 amide bonds. The molecule has 0 aliphatic carbocycles. The van der Waals surface area contributed by atoms with E-state index >= 15 is 0 Å². The number of likely N-dealkylation sites (N-methyl/N-ethyl adjacent to an activating group) is 1. The Bertz CT molecular complexity index is 391. The lowest BCUT2D eigenvalue weighted by Gasteiger charge is -2.20. The van der Waals surface area contributed by atoms with E-state index in [1.807, 2.05) is 24.3 Å². The molecule has 2 N–H and O–H groups in total. The van der Waals surface area contributed by atoms with Crippen LogP contribution in [-0.4, -0.2) is 42.2 Å². The highest BCUT2D eigenvalue weighted by molar-refractivity contribution is 14.1. The van der Waals surface area contributed by atoms with Gasteiger partial charge in [0.15, 0.2) is 0 Å². The average Bonchev–Trinajstić information content (AvgIpc) is 2.40. The summed E-state index contributed by atoms with van der Waals surface area (Å²) in [7, 11) is 0. The van der Waals surface area contributed by atoms with Crippen molar-refractivity contribution in [1.29, 1.82) is 0 Å². The molecule has 1 aromatic rings. The predicted molar refractivity (Wildman–Crippen MR) is 85.3 cm³/mol. The van der Waals surface area contributed by atoms with Crippen LogP contribution in [0.2, 0.25) is 0 Å². The zero-order valence-corrected chi connectivity index (χ0v) is 13.6. The number of carboxylic acid groups (broad SMARTS) is 1. The van der Waals surface area contributed by atoms with E-state index in [1.54, 1.807) is 0 Å². The minimum absolute atomic E-state index is 0.632. The second kappa shape index (κ2) is 8.50. The fraction of sp³-hybridized carbons (Fsp3) is 0.500. The quantitative estimate of drug-likeness (QED) is 0.684. The van der Waals surface area contributed by atoms with Crippen molar-refractivity contribution < 1.29 is 9.90 Å². The maximum Gasteiger partial charge on any atom is 0.325 e. The summed E-state index contributed by atoms with van der Waals surface area (Å²) in [6.45, 7) is 7.72. The first-order valence-electron chi connectivity index (χ1n) is 6.52. The van der Waals surface area contributed by atoms with Crippen molar-refractivity contribution in [2.75, 3.05) is 26.2 Å². The Morgan fingerprint density at radius 1 is 1.32 bits per heavy atom. The minimum atomic E-state index is -0.833. The van der Waals surface area contributed by atoms with Crippen molar-refractivity contribution in [3.8, 4) is 0 Å². The van der Waals surface area contributed by atoms with Gasteiger partial charge in [0.1, 0.15) is 6.04 Å². The molecule has 5 heteroatoms. The Balaban J connectivity index is 2.59. The summed E-state index contributed by atoms with van der Waals surface area (Å²) in [5.41, 5.74) is 0.799. The topological polar surface area (TPSA) is 52.6 Å². The van der Waals surface area contributed by atoms with Crippen LogP contribution in [0.3, 0.4) is 0 Å². The third kappa shape index (κ3) is 5.46. The molecule has 0 aromatic heterocycles. The van der Waals surface area contributed by atoms with E-state index in [9.17, 15) is 9.90 Å². The predicted octanol–water partition coefficient (Wildman–Crippen LogP) is 2.35. The zero-order valence-electron chi connectivity index (χ0n) is 11.4. The number of carbonyl (C=O) groups is 1. The Morgan fingerprint density at radius 2 is 1.89 bits per heavy atom. The highest BCUT2D eigenvalue weighted by Crippen LogP contribution is 2.15. The summed E-state index contributed by atoms with van der Waals surface area (Å²) >= 11 is 2.21. The van der Waals surface area contributed by atoms with E-state index in [2.05, 4.69) is 46.7 Å². The van der Waals surface area contributed by atoms with Gasteiger partial charge in [-0.15, -0.1) is 0 Å². The zero-order chi connectivity index (χ0) is 14.3. The van der Waals surface area contributed by atoms with Gasteiger partial charge < -0.3 is 10.0 Å². The van der Waals surface area contributed by atoms with Gasteiger partial charge in [0.05, 0.1) is 0 Å². The number of halogens is 1. The fourth-order valence-corrected chi connectivity index (χ4v) is 2.27. The second-order valence-electron chi connectivity index (χ2n) is 4.30. The van der Waals surface area contributed by atoms with Crippen molar-refractivity contribution in [2.45, 2.75) is 19.9 Å². The normalized spacial score (nSPS) is 12.6. The van der Waals surface area contributed by atoms with Crippen LogP contribution in [0.5, 0.6) is 0 Å². The van der Waals surface area contributed by atoms with Crippen LogP contribution in [0.1, 0.15) is 25.5 Å². The van der Waals surface area contributed by atoms with Gasteiger partial charge in [-0.2, -0.15) is 0 Å². The van der Waals surface area contributed by atoms with Gasteiger partial charge in [-0.1, -0.05) is 26.0 Å². The summed E-state index contributed by atoms with van der Waals surface area (Å²) in [5.74, 6) is -0.833. The third-order valence-corrected chi connectivity index (χ3v) is 3.84. The lowest BCUT2D eigenvalue weighted by atomic mass is 10.1. The van der Waals surface area contributed by atoms with Crippen molar-refractivity contribution in [1.82, 2.24) is 10.2 Å². The molecule has 1 unspecified atom stereocenters. The molecule has 0 radical (unpaired) electrons. The first-order chi connectivity index (χ1) is 9.08. The SMILES string of the molecule is CCN(CC)CCNC(C(=O)O)c1ccc(I)cc1. The van der Waals surface area contributed by atoms with Crippen molar-refractivity contribution in [3.63, 3.8) is 0 Å². The molecule has 1 rings (SSSR count). The molecular weight excluding hydrogens is 355 g/mol. The molecule has 106 valence electrons. The monoisotopic (exact) mass is 376 g/mol. The van der Waals surface area contributed by atoms with E-state index < -0.39 is 12.0 Å². The summed E-state index contributed by atoms with van der Waals surface area (Å²) in [4.78, 5) is 13.6. The maximum atomic E-state index is 11.3. The molecule has 0 saturated carbocycles. The van der Waals surface area contributed by atoms with Crippen LogP contribution < -0.4 is 5.32 Å². The number of hydrogen-bond donors (Lipinski definition) is 2. The maximum absolute atomic E-state index is 11.3. The molecule has 0 aliphatic rings. The van der Waals surface area contributed by atoms with Gasteiger partial charge in [0.2, 0.25) is 0 Å². The van der Waals surface area contributed by atoms with E-state index in [0.29, 0.717) is 6.54 Å². The average molecular weight is 376 g/mol. The Morgan fingerprint density at radius 3 is 2.37 bits per heavy atom. The summed E-state index contributed by atoms with van der Waals surface area (Å²) < 4.78 is 1.11. The van der Waals surface area contributed by atoms with E-state index in [0.717, 1.165) is 28.8 Å². The third-order valence-electron chi connectivity index (χ3n) is 3.12. The standard InChI is InChI=1S/C14H21IN2O2/c1-3-17(4-2)10-9-16-13(14(18)19)11-5-7-12(15)8-6-11/h5-8,13,16H,3-4,9-10H2,1-2H3,(H,18,19). The highest BCUT2D eigenvalue weighted by atomic mass is 127. The number of aliphatic carboxylic acids is 1. The lowest BCUT2D eigenvalue weighted by molar-refractivity contribution is -0.139. The van der Waals surface area contributed by atoms with Crippen LogP contribution in [0, 0.1) is 3.57 Å². The number of rotatable bonds is 8. The van der Waals surface area contributed by atoms with Crippen LogP contribution in [0.25, 0.3) is 0 Å². The van der Waals surface area contributed by atoms with Gasteiger partial charge in [-0.3, -0.25) is 10.1 Å². The van der Waals surface area contributed by atoms with Crippen LogP contribution in [0.4, 0.5) is 0 Å². The van der Waals surface area contributed by atoms with E-state index in [1.165, 1.54) is 0 Å². The van der Waals surface area contributed by atoms with Gasteiger partial charge in [-0.05, 0) is 53.4 Å². The first-order valence-corrected chi connectivity index (χ1v) is 7.60. The van der Waals surface area contributed by atoms with E-state index in [-0.39, 0.29) is 0 Å². The molecule has 1 atom stereocenters. The van der Waals surface area contributed by atoms with Crippen LogP contribution in [0.15, 0.2) is 24.3 Å². The molecule has 0 aliphatic heterocycles. The van der Waals surface area contributed by atoms with Crippen molar-refractivity contribution in [2.24, 2.45) is 0 Å². The highest BCUT2D eigenvalue weighted by Gasteiger charge is 2.18. The van der Waals surface area contributed by atoms with Gasteiger partial charge in [0, 0.05) is 16.7 Å². The summed E-state index contributed by atoms with van der Waals surface area (Å²) in [6.07, 6.45) is 0. The van der Waals surface area contributed by atoms with Gasteiger partial charge in [-0.25, -0.2) is 0 Å². The molecule has 0 bridgehead atoms. The molecule has 0 heterocycles. The molecule has 4 nitrogen and oxygen atoms in total. The molecular formula is C14H21IN2O2. The molecule has 0 fully saturated rings. The van der Waals surface area contributed by atoms with Crippen LogP contribution >= 0.6 is 22.6 Å². The summed E-state index contributed by atoms with van der Waals surface area (Å²) in [6, 6.07) is 6.96. The molecule has 0 saturated heterocycles. The van der Waals surface area contributed by atoms with Gasteiger partial charge >= 0.3 is 5.97 Å². The first kappa shape index (κ1) is 16.4. The number of hydrogen-bond acceptors (Lipinski definition) is 3. The second-order valence-corrected chi connectivity index (χ2v) is 5.55.